The van der Waals surface area contributed by atoms with Gasteiger partial charge in [-0.1, -0.05) is 23.9 Å². The summed E-state index contributed by atoms with van der Waals surface area (Å²) < 4.78 is 0. The van der Waals surface area contributed by atoms with E-state index in [0.29, 0.717) is 5.75 Å². The lowest BCUT2D eigenvalue weighted by Gasteiger charge is -2.30. The molecule has 0 bridgehead atoms. The van der Waals surface area contributed by atoms with E-state index < -0.39 is 0 Å². The molecule has 1 fully saturated rings. The summed E-state index contributed by atoms with van der Waals surface area (Å²) in [6, 6.07) is 8.25. The van der Waals surface area contributed by atoms with E-state index in [1.54, 1.807) is 22.7 Å². The van der Waals surface area contributed by atoms with Crippen molar-refractivity contribution in [3.8, 4) is 21.1 Å². The monoisotopic (exact) mass is 361 g/mol. The van der Waals surface area contributed by atoms with Gasteiger partial charge in [-0.2, -0.15) is 0 Å². The largest absolute Gasteiger partial charge is 0.342 e. The molecule has 4 nitrogen and oxygen atoms in total. The molecule has 3 aromatic rings. The molecule has 0 saturated carbocycles. The number of nitrogens with one attached hydrogen (secondary N) is 1. The zero-order valence-corrected chi connectivity index (χ0v) is 14.8. The minimum absolute atomic E-state index is 0.202. The minimum Gasteiger partial charge on any atom is -0.342 e. The second-order valence-electron chi connectivity index (χ2n) is 5.24. The number of carbonyl (C=O) groups excluding carboxylic acids is 1. The highest BCUT2D eigenvalue weighted by atomic mass is 32.2. The maximum atomic E-state index is 12.0. The van der Waals surface area contributed by atoms with Crippen LogP contribution in [-0.4, -0.2) is 39.6 Å². The van der Waals surface area contributed by atoms with Gasteiger partial charge in [0.15, 0.2) is 5.16 Å². The summed E-state index contributed by atoms with van der Waals surface area (Å²) >= 11 is 4.86. The Bertz CT molecular complexity index is 737. The van der Waals surface area contributed by atoms with Crippen LogP contribution < -0.4 is 0 Å². The molecule has 1 N–H and O–H groups in total. The van der Waals surface area contributed by atoms with Crippen molar-refractivity contribution in [1.82, 2.24) is 14.9 Å². The van der Waals surface area contributed by atoms with E-state index in [4.69, 9.17) is 4.98 Å². The molecule has 1 amide bonds. The number of amides is 1. The Balaban J connectivity index is 1.58. The van der Waals surface area contributed by atoms with Gasteiger partial charge in [-0.3, -0.25) is 4.79 Å². The van der Waals surface area contributed by atoms with Gasteiger partial charge in [0.1, 0.15) is 5.69 Å². The second kappa shape index (κ2) is 6.51. The summed E-state index contributed by atoms with van der Waals surface area (Å²) in [7, 11) is 0. The van der Waals surface area contributed by atoms with Crippen LogP contribution in [0.4, 0.5) is 0 Å². The first-order chi connectivity index (χ1) is 11.3. The molecule has 3 aromatic heterocycles. The van der Waals surface area contributed by atoms with Crippen molar-refractivity contribution >= 4 is 40.3 Å². The molecule has 0 unspecified atom stereocenters. The lowest BCUT2D eigenvalue weighted by molar-refractivity contribution is -0.131. The zero-order chi connectivity index (χ0) is 15.6. The van der Waals surface area contributed by atoms with E-state index in [0.717, 1.165) is 40.9 Å². The van der Waals surface area contributed by atoms with Crippen LogP contribution in [0, 0.1) is 0 Å². The summed E-state index contributed by atoms with van der Waals surface area (Å²) in [6.45, 7) is 1.80. The number of imidazole rings is 1. The van der Waals surface area contributed by atoms with Crippen molar-refractivity contribution in [2.24, 2.45) is 0 Å². The predicted molar refractivity (Wildman–Crippen MR) is 97.1 cm³/mol. The Kier molecular flexibility index (Phi) is 4.24. The Labute approximate surface area is 146 Å². The van der Waals surface area contributed by atoms with Crippen LogP contribution >= 0.6 is 34.4 Å². The number of aromatic nitrogens is 2. The molecule has 1 aliphatic heterocycles. The number of thioether (sulfide) groups is 1. The van der Waals surface area contributed by atoms with Gasteiger partial charge in [-0.15, -0.1) is 22.7 Å². The lowest BCUT2D eigenvalue weighted by Crippen LogP contribution is -2.43. The van der Waals surface area contributed by atoms with Crippen LogP contribution in [0.3, 0.4) is 0 Å². The van der Waals surface area contributed by atoms with Crippen LogP contribution in [0.2, 0.25) is 0 Å². The van der Waals surface area contributed by atoms with Gasteiger partial charge in [-0.25, -0.2) is 4.98 Å². The molecular formula is C16H15N3OS3. The third-order valence-corrected chi connectivity index (χ3v) is 6.37. The highest BCUT2D eigenvalue weighted by Gasteiger charge is 2.21. The first-order valence-electron chi connectivity index (χ1n) is 7.39. The summed E-state index contributed by atoms with van der Waals surface area (Å²) in [5.41, 5.74) is 2.02. The number of nitrogens with zero attached hydrogens (tertiary/aromatic N) is 2. The normalized spacial score (nSPS) is 14.0. The van der Waals surface area contributed by atoms with Crippen LogP contribution in [0.5, 0.6) is 0 Å². The number of hydrogen-bond acceptors (Lipinski definition) is 5. The average Bonchev–Trinajstić information content (AvgIpc) is 3.22. The third-order valence-electron chi connectivity index (χ3n) is 3.75. The van der Waals surface area contributed by atoms with Crippen LogP contribution in [0.25, 0.3) is 21.1 Å². The molecule has 0 spiro atoms. The van der Waals surface area contributed by atoms with E-state index in [1.165, 1.54) is 16.6 Å². The van der Waals surface area contributed by atoms with Gasteiger partial charge in [0.05, 0.1) is 21.2 Å². The quantitative estimate of drug-likeness (QED) is 0.693. The Morgan fingerprint density at radius 3 is 2.57 bits per heavy atom. The van der Waals surface area contributed by atoms with Crippen molar-refractivity contribution in [1.29, 1.82) is 0 Å². The Hall–Kier alpha value is -1.57. The lowest BCUT2D eigenvalue weighted by atomic mass is 10.2. The molecule has 7 heteroatoms. The number of carbonyl (C=O) groups is 1. The van der Waals surface area contributed by atoms with Crippen LogP contribution in [0.1, 0.15) is 6.42 Å². The molecule has 1 saturated heterocycles. The summed E-state index contributed by atoms with van der Waals surface area (Å²) in [5, 5.41) is 4.93. The Morgan fingerprint density at radius 1 is 1.22 bits per heavy atom. The fraction of sp³-hybridized carbons (Fsp3) is 0.250. The third kappa shape index (κ3) is 3.08. The van der Waals surface area contributed by atoms with E-state index in [-0.39, 0.29) is 5.91 Å². The molecule has 4 heterocycles. The second-order valence-corrected chi connectivity index (χ2v) is 8.10. The summed E-state index contributed by atoms with van der Waals surface area (Å²) in [4.78, 5) is 24.4. The average molecular weight is 362 g/mol. The highest BCUT2D eigenvalue weighted by molar-refractivity contribution is 7.99. The zero-order valence-electron chi connectivity index (χ0n) is 12.3. The highest BCUT2D eigenvalue weighted by Crippen LogP contribution is 2.36. The SMILES string of the molecule is O=C(CSc1nc(-c2cccs2)c(-c2cccs2)[nH]1)N1CCC1. The molecule has 23 heavy (non-hydrogen) atoms. The standard InChI is InChI=1S/C16H15N3OS3/c20-13(19-6-3-7-19)10-23-16-17-14(11-4-1-8-21-11)15(18-16)12-5-2-9-22-12/h1-2,4-5,8-9H,3,6-7,10H2,(H,17,18). The van der Waals surface area contributed by atoms with Crippen molar-refractivity contribution in [3.63, 3.8) is 0 Å². The fourth-order valence-electron chi connectivity index (χ4n) is 2.40. The van der Waals surface area contributed by atoms with Gasteiger partial charge < -0.3 is 9.88 Å². The number of rotatable bonds is 5. The maximum Gasteiger partial charge on any atom is 0.233 e. The van der Waals surface area contributed by atoms with Crippen molar-refractivity contribution < 1.29 is 4.79 Å². The molecule has 0 atom stereocenters. The molecule has 4 rings (SSSR count). The number of aromatic amines is 1. The molecule has 0 aliphatic carbocycles. The molecular weight excluding hydrogens is 346 g/mol. The van der Waals surface area contributed by atoms with Gasteiger partial charge in [0, 0.05) is 13.1 Å². The molecule has 0 radical (unpaired) electrons. The summed E-state index contributed by atoms with van der Waals surface area (Å²) in [5.74, 6) is 0.648. The van der Waals surface area contributed by atoms with Gasteiger partial charge in [0.25, 0.3) is 0 Å². The van der Waals surface area contributed by atoms with Crippen molar-refractivity contribution in [2.45, 2.75) is 11.6 Å². The molecule has 1 aliphatic rings. The van der Waals surface area contributed by atoms with E-state index >= 15 is 0 Å². The van der Waals surface area contributed by atoms with E-state index in [9.17, 15) is 4.79 Å². The van der Waals surface area contributed by atoms with E-state index in [2.05, 4.69) is 27.9 Å². The predicted octanol–water partition coefficient (Wildman–Crippen LogP) is 4.19. The Morgan fingerprint density at radius 2 is 1.96 bits per heavy atom. The molecule has 118 valence electrons. The first-order valence-corrected chi connectivity index (χ1v) is 10.1. The number of H-pyrrole nitrogens is 1. The summed E-state index contributed by atoms with van der Waals surface area (Å²) in [6.07, 6.45) is 1.13. The molecule has 0 aromatic carbocycles. The van der Waals surface area contributed by atoms with Crippen molar-refractivity contribution in [3.05, 3.63) is 35.0 Å². The van der Waals surface area contributed by atoms with Gasteiger partial charge in [-0.05, 0) is 29.3 Å². The fourth-order valence-corrected chi connectivity index (χ4v) is 4.62. The first kappa shape index (κ1) is 15.0. The van der Waals surface area contributed by atoms with Crippen LogP contribution in [0.15, 0.2) is 40.2 Å². The number of hydrogen-bond donors (Lipinski definition) is 1. The van der Waals surface area contributed by atoms with Gasteiger partial charge >= 0.3 is 0 Å². The topological polar surface area (TPSA) is 49.0 Å². The maximum absolute atomic E-state index is 12.0. The van der Waals surface area contributed by atoms with E-state index in [1.807, 2.05) is 17.0 Å². The number of likely N-dealkylation sites (tertiary alicyclic amines) is 1. The smallest absolute Gasteiger partial charge is 0.233 e. The van der Waals surface area contributed by atoms with Crippen LogP contribution in [-0.2, 0) is 4.79 Å². The number of thiophene rings is 2. The van der Waals surface area contributed by atoms with Crippen molar-refractivity contribution in [2.75, 3.05) is 18.8 Å². The minimum atomic E-state index is 0.202. The van der Waals surface area contributed by atoms with Gasteiger partial charge in [0.2, 0.25) is 5.91 Å².